The van der Waals surface area contributed by atoms with Gasteiger partial charge in [0.05, 0.1) is 4.90 Å². The first kappa shape index (κ1) is 15.0. The minimum atomic E-state index is -3.76. The fourth-order valence-electron chi connectivity index (χ4n) is 1.73. The highest BCUT2D eigenvalue weighted by molar-refractivity contribution is 7.89. The Labute approximate surface area is 122 Å². The van der Waals surface area contributed by atoms with Crippen LogP contribution in [-0.4, -0.2) is 19.4 Å². The second-order valence-electron chi connectivity index (χ2n) is 4.42. The molecule has 0 heterocycles. The van der Waals surface area contributed by atoms with E-state index in [-0.39, 0.29) is 23.1 Å². The molecule has 0 aromatic heterocycles. The van der Waals surface area contributed by atoms with Gasteiger partial charge < -0.3 is 10.4 Å². The summed E-state index contributed by atoms with van der Waals surface area (Å²) in [4.78, 5) is 11.9. The first-order valence-electron chi connectivity index (χ1n) is 6.05. The Hall–Kier alpha value is -2.38. The van der Waals surface area contributed by atoms with E-state index in [1.54, 1.807) is 12.1 Å². The summed E-state index contributed by atoms with van der Waals surface area (Å²) in [5.74, 6) is -0.247. The lowest BCUT2D eigenvalue weighted by Gasteiger charge is -2.07. The Morgan fingerprint density at radius 3 is 2.43 bits per heavy atom. The first-order chi connectivity index (χ1) is 9.86. The molecule has 0 aliphatic carbocycles. The van der Waals surface area contributed by atoms with Crippen molar-refractivity contribution in [2.75, 3.05) is 0 Å². The van der Waals surface area contributed by atoms with E-state index in [0.717, 1.165) is 0 Å². The number of carbonyl (C=O) groups excluding carboxylic acids is 1. The predicted molar refractivity (Wildman–Crippen MR) is 77.1 cm³/mol. The van der Waals surface area contributed by atoms with Gasteiger partial charge in [-0.05, 0) is 42.0 Å². The van der Waals surface area contributed by atoms with Crippen LogP contribution in [0.2, 0.25) is 0 Å². The topological polar surface area (TPSA) is 109 Å². The van der Waals surface area contributed by atoms with Crippen molar-refractivity contribution in [2.24, 2.45) is 5.14 Å². The number of primary sulfonamides is 1. The van der Waals surface area contributed by atoms with Crippen LogP contribution in [0, 0.1) is 0 Å². The number of phenolic OH excluding ortho intramolecular Hbond substituents is 1. The zero-order valence-corrected chi connectivity index (χ0v) is 11.8. The molecule has 2 aromatic rings. The van der Waals surface area contributed by atoms with Crippen LogP contribution in [0.25, 0.3) is 0 Å². The molecule has 0 saturated carbocycles. The molecule has 0 unspecified atom stereocenters. The monoisotopic (exact) mass is 306 g/mol. The van der Waals surface area contributed by atoms with Crippen molar-refractivity contribution in [2.45, 2.75) is 11.4 Å². The summed E-state index contributed by atoms with van der Waals surface area (Å²) in [5.41, 5.74) is 1.02. The molecule has 0 aliphatic heterocycles. The number of hydrogen-bond acceptors (Lipinski definition) is 4. The molecule has 0 aliphatic rings. The van der Waals surface area contributed by atoms with E-state index >= 15 is 0 Å². The van der Waals surface area contributed by atoms with E-state index in [9.17, 15) is 13.2 Å². The normalized spacial score (nSPS) is 11.1. The number of carbonyl (C=O) groups is 1. The van der Waals surface area contributed by atoms with Gasteiger partial charge >= 0.3 is 0 Å². The quantitative estimate of drug-likeness (QED) is 0.781. The smallest absolute Gasteiger partial charge is 0.251 e. The molecule has 2 aromatic carbocycles. The Morgan fingerprint density at radius 1 is 1.14 bits per heavy atom. The molecular weight excluding hydrogens is 292 g/mol. The lowest BCUT2D eigenvalue weighted by Crippen LogP contribution is -2.23. The van der Waals surface area contributed by atoms with Crippen LogP contribution < -0.4 is 10.5 Å². The Balaban J connectivity index is 2.06. The van der Waals surface area contributed by atoms with E-state index < -0.39 is 10.0 Å². The average molecular weight is 306 g/mol. The Bertz CT molecular complexity index is 755. The molecule has 0 fully saturated rings. The molecule has 1 amide bonds. The van der Waals surface area contributed by atoms with Crippen molar-refractivity contribution in [3.8, 4) is 5.75 Å². The molecule has 2 rings (SSSR count). The number of amides is 1. The van der Waals surface area contributed by atoms with E-state index in [1.165, 1.54) is 36.4 Å². The summed E-state index contributed by atoms with van der Waals surface area (Å²) in [6, 6.07) is 11.9. The van der Waals surface area contributed by atoms with Crippen LogP contribution in [0.3, 0.4) is 0 Å². The van der Waals surface area contributed by atoms with Gasteiger partial charge in [-0.2, -0.15) is 0 Å². The third-order valence-electron chi connectivity index (χ3n) is 2.81. The van der Waals surface area contributed by atoms with Gasteiger partial charge in [-0.15, -0.1) is 0 Å². The Morgan fingerprint density at radius 2 is 1.81 bits per heavy atom. The second-order valence-corrected chi connectivity index (χ2v) is 5.98. The number of nitrogens with one attached hydrogen (secondary N) is 1. The third kappa shape index (κ3) is 4.04. The molecule has 110 valence electrons. The molecule has 6 nitrogen and oxygen atoms in total. The maximum absolute atomic E-state index is 11.9. The largest absolute Gasteiger partial charge is 0.508 e. The van der Waals surface area contributed by atoms with Gasteiger partial charge in [0.1, 0.15) is 5.75 Å². The fourth-order valence-corrected chi connectivity index (χ4v) is 2.31. The molecule has 0 atom stereocenters. The number of phenols is 1. The molecule has 0 bridgehead atoms. The van der Waals surface area contributed by atoms with Crippen molar-refractivity contribution in [1.82, 2.24) is 5.32 Å². The van der Waals surface area contributed by atoms with Crippen LogP contribution in [0.5, 0.6) is 5.75 Å². The van der Waals surface area contributed by atoms with Gasteiger partial charge in [0.2, 0.25) is 10.0 Å². The maximum Gasteiger partial charge on any atom is 0.251 e. The molecular formula is C14H14N2O4S. The molecule has 0 radical (unpaired) electrons. The summed E-state index contributed by atoms with van der Waals surface area (Å²) < 4.78 is 22.5. The highest BCUT2D eigenvalue weighted by atomic mass is 32.2. The van der Waals surface area contributed by atoms with Crippen LogP contribution in [-0.2, 0) is 16.6 Å². The number of sulfonamides is 1. The summed E-state index contributed by atoms with van der Waals surface area (Å²) >= 11 is 0. The van der Waals surface area contributed by atoms with Crippen molar-refractivity contribution in [3.05, 3.63) is 59.7 Å². The van der Waals surface area contributed by atoms with E-state index in [1.807, 2.05) is 0 Å². The SMILES string of the molecule is NS(=O)(=O)c1cccc(CNC(=O)c2ccc(O)cc2)c1. The fraction of sp³-hybridized carbons (Fsp3) is 0.0714. The average Bonchev–Trinajstić information content (AvgIpc) is 2.45. The van der Waals surface area contributed by atoms with Gasteiger partial charge in [-0.25, -0.2) is 13.6 Å². The van der Waals surface area contributed by atoms with E-state index in [4.69, 9.17) is 10.2 Å². The zero-order valence-electron chi connectivity index (χ0n) is 11.0. The number of rotatable bonds is 4. The highest BCUT2D eigenvalue weighted by Gasteiger charge is 2.09. The number of aromatic hydroxyl groups is 1. The van der Waals surface area contributed by atoms with Gasteiger partial charge in [-0.1, -0.05) is 12.1 Å². The van der Waals surface area contributed by atoms with Crippen LogP contribution in [0.4, 0.5) is 0 Å². The minimum absolute atomic E-state index is 0.00103. The van der Waals surface area contributed by atoms with Crippen molar-refractivity contribution < 1.29 is 18.3 Å². The lowest BCUT2D eigenvalue weighted by atomic mass is 10.2. The standard InChI is InChI=1S/C14H14N2O4S/c15-21(19,20)13-3-1-2-10(8-13)9-16-14(18)11-4-6-12(17)7-5-11/h1-8,17H,9H2,(H,16,18)(H2,15,19,20). The van der Waals surface area contributed by atoms with Crippen molar-refractivity contribution in [3.63, 3.8) is 0 Å². The number of benzene rings is 2. The number of hydrogen-bond donors (Lipinski definition) is 3. The predicted octanol–water partition coefficient (Wildman–Crippen LogP) is 0.970. The molecule has 0 spiro atoms. The summed E-state index contributed by atoms with van der Waals surface area (Å²) in [5, 5.41) is 16.9. The zero-order chi connectivity index (χ0) is 15.5. The number of nitrogens with two attached hydrogens (primary N) is 1. The summed E-state index contributed by atoms with van der Waals surface area (Å²) in [7, 11) is -3.76. The lowest BCUT2D eigenvalue weighted by molar-refractivity contribution is 0.0951. The van der Waals surface area contributed by atoms with Gasteiger partial charge in [0, 0.05) is 12.1 Å². The van der Waals surface area contributed by atoms with E-state index in [2.05, 4.69) is 5.32 Å². The van der Waals surface area contributed by atoms with Crippen molar-refractivity contribution >= 4 is 15.9 Å². The minimum Gasteiger partial charge on any atom is -0.508 e. The molecule has 4 N–H and O–H groups in total. The van der Waals surface area contributed by atoms with Crippen LogP contribution in [0.1, 0.15) is 15.9 Å². The summed E-state index contributed by atoms with van der Waals surface area (Å²) in [6.45, 7) is 0.170. The van der Waals surface area contributed by atoms with Gasteiger partial charge in [0.25, 0.3) is 5.91 Å². The van der Waals surface area contributed by atoms with E-state index in [0.29, 0.717) is 11.1 Å². The first-order valence-corrected chi connectivity index (χ1v) is 7.60. The van der Waals surface area contributed by atoms with Gasteiger partial charge in [0.15, 0.2) is 0 Å². The molecule has 21 heavy (non-hydrogen) atoms. The van der Waals surface area contributed by atoms with Crippen molar-refractivity contribution in [1.29, 1.82) is 0 Å². The second kappa shape index (κ2) is 5.94. The van der Waals surface area contributed by atoms with Crippen LogP contribution in [0.15, 0.2) is 53.4 Å². The molecule has 7 heteroatoms. The summed E-state index contributed by atoms with van der Waals surface area (Å²) in [6.07, 6.45) is 0. The highest BCUT2D eigenvalue weighted by Crippen LogP contribution is 2.11. The van der Waals surface area contributed by atoms with Crippen LogP contribution >= 0.6 is 0 Å². The third-order valence-corrected chi connectivity index (χ3v) is 3.72. The molecule has 0 saturated heterocycles. The maximum atomic E-state index is 11.9. The Kier molecular flexibility index (Phi) is 4.25. The van der Waals surface area contributed by atoms with Gasteiger partial charge in [-0.3, -0.25) is 4.79 Å².